The molecule has 0 radical (unpaired) electrons. The molecule has 1 amide bonds. The Hall–Kier alpha value is -2.84. The second-order valence-corrected chi connectivity index (χ2v) is 6.20. The van der Waals surface area contributed by atoms with Gasteiger partial charge in [-0.05, 0) is 30.2 Å². The van der Waals surface area contributed by atoms with E-state index in [0.717, 1.165) is 23.2 Å². The van der Waals surface area contributed by atoms with Gasteiger partial charge in [0, 0.05) is 30.9 Å². The standard InChI is InChI=1S/C18H13ClN4O/c1-11(24)22-7-6-12-2-3-13(8-15(12)22)18-16(9-20)23-10-14(19)4-5-17(23)21-18/h2-5,8,10H,6-7H2,1H3. The van der Waals surface area contributed by atoms with Crippen molar-refractivity contribution in [1.29, 1.82) is 5.26 Å². The number of carbonyl (C=O) groups excluding carboxylic acids is 1. The van der Waals surface area contributed by atoms with Crippen LogP contribution in [-0.2, 0) is 11.2 Å². The summed E-state index contributed by atoms with van der Waals surface area (Å²) in [4.78, 5) is 18.1. The number of halogens is 1. The van der Waals surface area contributed by atoms with Crippen molar-refractivity contribution in [3.05, 3.63) is 52.8 Å². The van der Waals surface area contributed by atoms with Crippen molar-refractivity contribution in [2.45, 2.75) is 13.3 Å². The lowest BCUT2D eigenvalue weighted by molar-refractivity contribution is -0.116. The van der Waals surface area contributed by atoms with Crippen LogP contribution in [0.5, 0.6) is 0 Å². The Balaban J connectivity index is 1.92. The van der Waals surface area contributed by atoms with Crippen LogP contribution in [0.4, 0.5) is 5.69 Å². The number of pyridine rings is 1. The molecular formula is C18H13ClN4O. The van der Waals surface area contributed by atoms with Crippen LogP contribution in [0.2, 0.25) is 5.02 Å². The van der Waals surface area contributed by atoms with E-state index in [0.29, 0.717) is 28.6 Å². The van der Waals surface area contributed by atoms with Gasteiger partial charge in [0.25, 0.3) is 0 Å². The summed E-state index contributed by atoms with van der Waals surface area (Å²) < 4.78 is 1.69. The zero-order valence-corrected chi connectivity index (χ0v) is 13.7. The van der Waals surface area contributed by atoms with Gasteiger partial charge in [-0.25, -0.2) is 4.98 Å². The van der Waals surface area contributed by atoms with Gasteiger partial charge in [-0.1, -0.05) is 23.7 Å². The molecule has 0 aliphatic carbocycles. The molecule has 0 bridgehead atoms. The summed E-state index contributed by atoms with van der Waals surface area (Å²) in [5.41, 5.74) is 4.55. The smallest absolute Gasteiger partial charge is 0.223 e. The molecule has 1 aliphatic heterocycles. The van der Waals surface area contributed by atoms with Gasteiger partial charge in [0.05, 0.1) is 5.02 Å². The van der Waals surface area contributed by atoms with Crippen LogP contribution in [-0.4, -0.2) is 21.8 Å². The molecule has 0 fully saturated rings. The third-order valence-corrected chi connectivity index (χ3v) is 4.55. The number of fused-ring (bicyclic) bond motifs is 2. The van der Waals surface area contributed by atoms with Gasteiger partial charge in [0.2, 0.25) is 5.91 Å². The molecule has 0 atom stereocenters. The first-order chi connectivity index (χ1) is 11.6. The third kappa shape index (κ3) is 2.15. The molecule has 2 aromatic heterocycles. The Bertz CT molecular complexity index is 1030. The summed E-state index contributed by atoms with van der Waals surface area (Å²) in [6, 6.07) is 11.6. The minimum absolute atomic E-state index is 0.0215. The number of aromatic nitrogens is 2. The maximum atomic E-state index is 11.8. The first-order valence-electron chi connectivity index (χ1n) is 7.57. The average Bonchev–Trinajstić information content (AvgIpc) is 3.14. The highest BCUT2D eigenvalue weighted by Crippen LogP contribution is 2.34. The van der Waals surface area contributed by atoms with Crippen LogP contribution in [0, 0.1) is 11.3 Å². The van der Waals surface area contributed by atoms with E-state index in [-0.39, 0.29) is 5.91 Å². The fourth-order valence-corrected chi connectivity index (χ4v) is 3.34. The minimum atomic E-state index is 0.0215. The van der Waals surface area contributed by atoms with Crippen LogP contribution in [0.1, 0.15) is 18.2 Å². The minimum Gasteiger partial charge on any atom is -0.312 e. The first kappa shape index (κ1) is 14.7. The lowest BCUT2D eigenvalue weighted by atomic mass is 10.1. The van der Waals surface area contributed by atoms with Crippen LogP contribution in [0.3, 0.4) is 0 Å². The molecule has 0 saturated heterocycles. The number of hydrogen-bond acceptors (Lipinski definition) is 3. The fourth-order valence-electron chi connectivity index (χ4n) is 3.18. The predicted octanol–water partition coefficient (Wildman–Crippen LogP) is 3.44. The summed E-state index contributed by atoms with van der Waals surface area (Å²) in [5, 5.41) is 10.1. The molecule has 118 valence electrons. The Morgan fingerprint density at radius 1 is 1.33 bits per heavy atom. The molecule has 0 spiro atoms. The second kappa shape index (κ2) is 5.36. The van der Waals surface area contributed by atoms with Gasteiger partial charge in [-0.3, -0.25) is 9.20 Å². The zero-order valence-electron chi connectivity index (χ0n) is 13.0. The molecule has 1 aromatic carbocycles. The van der Waals surface area contributed by atoms with Gasteiger partial charge in [0.1, 0.15) is 17.4 Å². The number of carbonyl (C=O) groups is 1. The molecule has 0 unspecified atom stereocenters. The number of nitriles is 1. The van der Waals surface area contributed by atoms with Crippen LogP contribution in [0.25, 0.3) is 16.9 Å². The highest BCUT2D eigenvalue weighted by Gasteiger charge is 2.24. The Labute approximate surface area is 143 Å². The van der Waals surface area contributed by atoms with Crippen molar-refractivity contribution >= 4 is 28.8 Å². The number of imidazole rings is 1. The second-order valence-electron chi connectivity index (χ2n) is 5.76. The number of anilines is 1. The number of hydrogen-bond donors (Lipinski definition) is 0. The van der Waals surface area contributed by atoms with Crippen molar-refractivity contribution in [2.24, 2.45) is 0 Å². The monoisotopic (exact) mass is 336 g/mol. The van der Waals surface area contributed by atoms with Crippen LogP contribution in [0.15, 0.2) is 36.5 Å². The Morgan fingerprint density at radius 3 is 2.92 bits per heavy atom. The fraction of sp³-hybridized carbons (Fsp3) is 0.167. The van der Waals surface area contributed by atoms with E-state index < -0.39 is 0 Å². The normalized spacial score (nSPS) is 13.1. The molecule has 0 saturated carbocycles. The number of benzene rings is 1. The van der Waals surface area contributed by atoms with Crippen LogP contribution >= 0.6 is 11.6 Å². The maximum absolute atomic E-state index is 11.8. The molecule has 0 N–H and O–H groups in total. The molecule has 4 rings (SSSR count). The molecule has 3 aromatic rings. The predicted molar refractivity (Wildman–Crippen MR) is 92.1 cm³/mol. The quantitative estimate of drug-likeness (QED) is 0.684. The van der Waals surface area contributed by atoms with E-state index >= 15 is 0 Å². The van der Waals surface area contributed by atoms with E-state index in [4.69, 9.17) is 11.6 Å². The van der Waals surface area contributed by atoms with E-state index in [1.165, 1.54) is 0 Å². The number of amides is 1. The van der Waals surface area contributed by atoms with Gasteiger partial charge in [-0.15, -0.1) is 0 Å². The first-order valence-corrected chi connectivity index (χ1v) is 7.95. The molecule has 1 aliphatic rings. The number of rotatable bonds is 1. The molecule has 24 heavy (non-hydrogen) atoms. The average molecular weight is 337 g/mol. The summed E-state index contributed by atoms with van der Waals surface area (Å²) >= 11 is 6.03. The lowest BCUT2D eigenvalue weighted by Crippen LogP contribution is -2.25. The van der Waals surface area contributed by atoms with Crippen molar-refractivity contribution in [1.82, 2.24) is 9.38 Å². The Kier molecular flexibility index (Phi) is 3.29. The van der Waals surface area contributed by atoms with Gasteiger partial charge in [-0.2, -0.15) is 5.26 Å². The third-order valence-electron chi connectivity index (χ3n) is 4.32. The summed E-state index contributed by atoms with van der Waals surface area (Å²) in [6.45, 7) is 2.26. The van der Waals surface area contributed by atoms with Crippen molar-refractivity contribution in [2.75, 3.05) is 11.4 Å². The lowest BCUT2D eigenvalue weighted by Gasteiger charge is -2.15. The van der Waals surface area contributed by atoms with E-state index in [9.17, 15) is 10.1 Å². The van der Waals surface area contributed by atoms with Gasteiger partial charge >= 0.3 is 0 Å². The maximum Gasteiger partial charge on any atom is 0.223 e. The number of nitrogens with zero attached hydrogens (tertiary/aromatic N) is 4. The molecule has 3 heterocycles. The molecule has 6 heteroatoms. The Morgan fingerprint density at radius 2 is 2.17 bits per heavy atom. The van der Waals surface area contributed by atoms with Crippen LogP contribution < -0.4 is 4.90 Å². The summed E-state index contributed by atoms with van der Waals surface area (Å²) in [6.07, 6.45) is 2.53. The summed E-state index contributed by atoms with van der Waals surface area (Å²) in [7, 11) is 0. The zero-order chi connectivity index (χ0) is 16.8. The van der Waals surface area contributed by atoms with Crippen molar-refractivity contribution in [3.63, 3.8) is 0 Å². The van der Waals surface area contributed by atoms with Gasteiger partial charge in [0.15, 0.2) is 5.69 Å². The van der Waals surface area contributed by atoms with Crippen molar-refractivity contribution in [3.8, 4) is 17.3 Å². The molecular weight excluding hydrogens is 324 g/mol. The highest BCUT2D eigenvalue weighted by molar-refractivity contribution is 6.30. The van der Waals surface area contributed by atoms with E-state index in [1.54, 1.807) is 34.6 Å². The largest absolute Gasteiger partial charge is 0.312 e. The molecule has 5 nitrogen and oxygen atoms in total. The SMILES string of the molecule is CC(=O)N1CCc2ccc(-c3nc4ccc(Cl)cn4c3C#N)cc21. The van der Waals surface area contributed by atoms with Crippen molar-refractivity contribution < 1.29 is 4.79 Å². The van der Waals surface area contributed by atoms with E-state index in [2.05, 4.69) is 11.1 Å². The van der Waals surface area contributed by atoms with E-state index in [1.807, 2.05) is 18.2 Å². The summed E-state index contributed by atoms with van der Waals surface area (Å²) in [5.74, 6) is 0.0215. The topological polar surface area (TPSA) is 61.4 Å². The highest BCUT2D eigenvalue weighted by atomic mass is 35.5. The van der Waals surface area contributed by atoms with Gasteiger partial charge < -0.3 is 4.90 Å².